The van der Waals surface area contributed by atoms with Gasteiger partial charge in [-0.25, -0.2) is 15.0 Å². The lowest BCUT2D eigenvalue weighted by molar-refractivity contribution is -0.141. The van der Waals surface area contributed by atoms with Gasteiger partial charge in [-0.1, -0.05) is 87.8 Å². The molecule has 1 unspecified atom stereocenters. The van der Waals surface area contributed by atoms with Crippen molar-refractivity contribution in [3.8, 4) is 17.2 Å². The number of nitrogens with zero attached hydrogens (tertiary/aromatic N) is 9. The van der Waals surface area contributed by atoms with Crippen LogP contribution >= 0.6 is 69.6 Å². The highest BCUT2D eigenvalue weighted by atomic mass is 35.5. The van der Waals surface area contributed by atoms with Crippen molar-refractivity contribution in [2.45, 2.75) is 151 Å². The number of carbonyl (C=O) groups is 3. The van der Waals surface area contributed by atoms with Crippen molar-refractivity contribution in [1.82, 2.24) is 40.3 Å². The van der Waals surface area contributed by atoms with Crippen LogP contribution < -0.4 is 45.3 Å². The van der Waals surface area contributed by atoms with Crippen molar-refractivity contribution < 1.29 is 49.0 Å². The number of nitrogens with two attached hydrogens (primary N) is 1. The van der Waals surface area contributed by atoms with E-state index in [9.17, 15) is 29.7 Å². The second-order valence-electron chi connectivity index (χ2n) is 29.4. The number of ether oxygens (including phenoxy) is 3. The fourth-order valence-corrected chi connectivity index (χ4v) is 15.3. The SMILES string of the molecule is N[C@H](CN1CCCC1)[C@H](O)c1ccc(OC2CC2)c(Cl)c1.O=C(N[C@H](CN1CCCC1)[C@H](O)c1ccc(OC2CC2)c(Cl)c1)[C@@H]1CCN(c2ccc(Cl)cn2)C1.O=C(N[C@H](CN1CCCC1)[C@H](O)c1ccc(OC2CC2)c(Cl)c1)[C@H]1CCN(c2ccc(Cl)cn2)C1.O=C(O)C1CCN(c2ccc(Cl)cn2)C1. The van der Waals surface area contributed by atoms with Crippen LogP contribution in [-0.4, -0.2) is 202 Å². The molecule has 6 saturated heterocycles. The molecule has 0 spiro atoms. The minimum Gasteiger partial charge on any atom is -0.489 e. The van der Waals surface area contributed by atoms with E-state index in [1.54, 1.807) is 42.9 Å². The lowest BCUT2D eigenvalue weighted by Gasteiger charge is -2.30. The van der Waals surface area contributed by atoms with Crippen molar-refractivity contribution in [3.63, 3.8) is 0 Å². The van der Waals surface area contributed by atoms with Crippen LogP contribution in [0.2, 0.25) is 30.1 Å². The number of hydrogen-bond acceptors (Lipinski definition) is 19. The molecule has 3 aliphatic carbocycles. The fourth-order valence-electron chi connectivity index (χ4n) is 14.3. The molecule has 9 aliphatic rings. The third-order valence-electron chi connectivity index (χ3n) is 20.9. The minimum absolute atomic E-state index is 0.0375. The van der Waals surface area contributed by atoms with E-state index >= 15 is 0 Å². The van der Waals surface area contributed by atoms with Crippen LogP contribution in [0.1, 0.15) is 131 Å². The number of pyridine rings is 3. The number of halogens is 6. The Kier molecular flexibility index (Phi) is 28.4. The normalized spacial score (nSPS) is 22.0. The van der Waals surface area contributed by atoms with E-state index in [4.69, 9.17) is 94.7 Å². The zero-order chi connectivity index (χ0) is 74.4. The van der Waals surface area contributed by atoms with Gasteiger partial charge in [-0.3, -0.25) is 14.4 Å². The van der Waals surface area contributed by atoms with Crippen LogP contribution in [-0.2, 0) is 14.4 Å². The zero-order valence-electron chi connectivity index (χ0n) is 59.6. The maximum atomic E-state index is 13.3. The van der Waals surface area contributed by atoms with Gasteiger partial charge in [0, 0.05) is 83.5 Å². The first kappa shape index (κ1) is 79.3. The molecular formula is C78H98Cl6N12O10. The first-order valence-corrected chi connectivity index (χ1v) is 39.8. The van der Waals surface area contributed by atoms with Crippen LogP contribution in [0.4, 0.5) is 17.5 Å². The molecule has 9 atom stereocenters. The molecule has 28 heteroatoms. The van der Waals surface area contributed by atoms with E-state index in [0.29, 0.717) is 104 Å². The summed E-state index contributed by atoms with van der Waals surface area (Å²) < 4.78 is 17.4. The van der Waals surface area contributed by atoms with Gasteiger partial charge in [0.1, 0.15) is 46.9 Å². The van der Waals surface area contributed by atoms with E-state index in [-0.39, 0.29) is 47.8 Å². The number of aliphatic hydroxyl groups is 3. The van der Waals surface area contributed by atoms with Gasteiger partial charge in [0.25, 0.3) is 0 Å². The second-order valence-corrected chi connectivity index (χ2v) is 31.9. The van der Waals surface area contributed by atoms with E-state index in [2.05, 4.69) is 50.1 Å². The lowest BCUT2D eigenvalue weighted by Crippen LogP contribution is -2.48. The molecule has 0 bridgehead atoms. The van der Waals surface area contributed by atoms with Gasteiger partial charge in [-0.2, -0.15) is 0 Å². The molecule has 15 rings (SSSR count). The second kappa shape index (κ2) is 37.9. The maximum absolute atomic E-state index is 13.3. The number of aliphatic carboxylic acids is 1. The summed E-state index contributed by atoms with van der Waals surface area (Å²) in [5, 5.41) is 51.5. The maximum Gasteiger partial charge on any atom is 0.308 e. The number of carboxylic acids is 1. The lowest BCUT2D eigenvalue weighted by atomic mass is 10.00. The van der Waals surface area contributed by atoms with E-state index < -0.39 is 36.4 Å². The molecule has 8 N–H and O–H groups in total. The third kappa shape index (κ3) is 22.9. The molecule has 3 saturated carbocycles. The van der Waals surface area contributed by atoms with Gasteiger partial charge in [0.05, 0.1) is 84.4 Å². The molecule has 3 aromatic carbocycles. The number of nitrogens with one attached hydrogen (secondary N) is 2. The number of hydrogen-bond donors (Lipinski definition) is 7. The number of aromatic nitrogens is 3. The number of amides is 2. The molecule has 6 aliphatic heterocycles. The summed E-state index contributed by atoms with van der Waals surface area (Å²) in [6.07, 6.45) is 18.8. The van der Waals surface area contributed by atoms with Crippen molar-refractivity contribution >= 4 is 105 Å². The monoisotopic (exact) mass is 1570 g/mol. The Balaban J connectivity index is 0.000000139. The predicted octanol–water partition coefficient (Wildman–Crippen LogP) is 12.1. The molecule has 2 amide bonds. The van der Waals surface area contributed by atoms with Crippen molar-refractivity contribution in [2.75, 3.05) is 113 Å². The zero-order valence-corrected chi connectivity index (χ0v) is 64.2. The van der Waals surface area contributed by atoms with Crippen LogP contribution in [0.5, 0.6) is 17.2 Å². The van der Waals surface area contributed by atoms with Crippen molar-refractivity contribution in [2.24, 2.45) is 23.5 Å². The summed E-state index contributed by atoms with van der Waals surface area (Å²) >= 11 is 36.8. The van der Waals surface area contributed by atoms with E-state index in [0.717, 1.165) is 166 Å². The highest BCUT2D eigenvalue weighted by Gasteiger charge is 2.37. The standard InChI is InChI=1S/2C26H32Cl2N4O3.C16H23ClN2O2.C10H11ClN2O2/c2*27-19-4-8-24(29-14-19)32-12-9-18(15-32)26(34)30-22(16-31-10-1-2-11-31)25(33)17-3-7-23(21(28)13-17)35-20-5-6-20;17-13-9-11(3-6-15(13)21-12-4-5-12)16(20)14(18)10-19-7-1-2-8-19;11-8-1-2-9(12-5-8)13-4-3-7(6-13)10(14)15/h2*3-4,7-8,13-14,18,20,22,25,33H,1-2,5-6,9-12,15-16H2,(H,30,34);3,6,9,12,14,16,20H,1-2,4-5,7-8,10,18H2;1-2,5,7H,3-4,6H2,(H,14,15)/t18-,22+,25+;18-,22-,25-;14-,16-;/m011./s1. The molecule has 106 heavy (non-hydrogen) atoms. The Morgan fingerprint density at radius 1 is 0.425 bits per heavy atom. The van der Waals surface area contributed by atoms with Crippen LogP contribution in [0.15, 0.2) is 110 Å². The molecular weight excluding hydrogens is 1480 g/mol. The first-order chi connectivity index (χ1) is 51.2. The Hall–Kier alpha value is -6.22. The Morgan fingerprint density at radius 3 is 1.03 bits per heavy atom. The van der Waals surface area contributed by atoms with Crippen molar-refractivity contribution in [3.05, 3.63) is 156 Å². The molecule has 9 fully saturated rings. The summed E-state index contributed by atoms with van der Waals surface area (Å²) in [6.45, 7) is 12.0. The third-order valence-corrected chi connectivity index (χ3v) is 22.5. The largest absolute Gasteiger partial charge is 0.489 e. The summed E-state index contributed by atoms with van der Waals surface area (Å²) in [7, 11) is 0. The number of carboxylic acid groups (broad SMARTS) is 1. The number of carbonyl (C=O) groups excluding carboxylic acids is 2. The number of anilines is 3. The van der Waals surface area contributed by atoms with E-state index in [1.165, 1.54) is 12.8 Å². The number of likely N-dealkylation sites (tertiary alicyclic amines) is 3. The van der Waals surface area contributed by atoms with Gasteiger partial charge in [0.2, 0.25) is 11.8 Å². The molecule has 9 heterocycles. The smallest absolute Gasteiger partial charge is 0.308 e. The Morgan fingerprint density at radius 2 is 0.736 bits per heavy atom. The van der Waals surface area contributed by atoms with Gasteiger partial charge < -0.3 is 80.4 Å². The summed E-state index contributed by atoms with van der Waals surface area (Å²) in [5.74, 6) is 3.01. The topological polar surface area (TPSA) is 268 Å². The quantitative estimate of drug-likeness (QED) is 0.0266. The highest BCUT2D eigenvalue weighted by molar-refractivity contribution is 6.33. The van der Waals surface area contributed by atoms with Gasteiger partial charge in [-0.05, 0) is 225 Å². The first-order valence-electron chi connectivity index (χ1n) is 37.5. The van der Waals surface area contributed by atoms with Crippen LogP contribution in [0.3, 0.4) is 0 Å². The number of aliphatic hydroxyl groups excluding tert-OH is 3. The predicted molar refractivity (Wildman–Crippen MR) is 415 cm³/mol. The molecule has 6 aromatic rings. The average Bonchev–Trinajstić information content (AvgIpc) is 1.69. The minimum atomic E-state index is -0.873. The van der Waals surface area contributed by atoms with Gasteiger partial charge in [-0.15, -0.1) is 0 Å². The van der Waals surface area contributed by atoms with Crippen LogP contribution in [0, 0.1) is 17.8 Å². The number of benzene rings is 3. The molecule has 0 radical (unpaired) electrons. The molecule has 3 aromatic heterocycles. The van der Waals surface area contributed by atoms with Crippen LogP contribution in [0.25, 0.3) is 0 Å². The number of rotatable bonds is 26. The van der Waals surface area contributed by atoms with Gasteiger partial charge in [0.15, 0.2) is 0 Å². The fraction of sp³-hybridized carbons (Fsp3) is 0.538. The summed E-state index contributed by atoms with van der Waals surface area (Å²) in [4.78, 5) is 63.3. The summed E-state index contributed by atoms with van der Waals surface area (Å²) in [6, 6.07) is 26.1. The highest BCUT2D eigenvalue weighted by Crippen LogP contribution is 2.39. The molecule has 572 valence electrons. The summed E-state index contributed by atoms with van der Waals surface area (Å²) in [5.41, 5.74) is 8.26. The van der Waals surface area contributed by atoms with E-state index in [1.807, 2.05) is 71.6 Å². The van der Waals surface area contributed by atoms with Crippen molar-refractivity contribution in [1.29, 1.82) is 0 Å². The average molecular weight is 1580 g/mol. The Labute approximate surface area is 651 Å². The molecule has 22 nitrogen and oxygen atoms in total. The van der Waals surface area contributed by atoms with Gasteiger partial charge >= 0.3 is 5.97 Å². The Bertz CT molecular complexity index is 3690.